The highest BCUT2D eigenvalue weighted by molar-refractivity contribution is 5.89. The number of nitrogens with zero attached hydrogens (tertiary/aromatic N) is 3. The van der Waals surface area contributed by atoms with Crippen LogP contribution in [0.2, 0.25) is 0 Å². The maximum atomic E-state index is 11.4. The number of carbonyl (C=O) groups excluding carboxylic acids is 1. The van der Waals surface area contributed by atoms with Gasteiger partial charge in [0.05, 0.1) is 12.7 Å². The molecule has 0 aromatic carbocycles. The van der Waals surface area contributed by atoms with E-state index in [1.54, 1.807) is 19.1 Å². The summed E-state index contributed by atoms with van der Waals surface area (Å²) in [5.41, 5.74) is -0.559. The zero-order valence-corrected chi connectivity index (χ0v) is 12.2. The van der Waals surface area contributed by atoms with E-state index in [9.17, 15) is 9.90 Å². The van der Waals surface area contributed by atoms with E-state index in [4.69, 9.17) is 0 Å². The number of esters is 1. The van der Waals surface area contributed by atoms with Gasteiger partial charge in [-0.15, -0.1) is 0 Å². The Morgan fingerprint density at radius 1 is 1.50 bits per heavy atom. The fraction of sp³-hybridized carbons (Fsp3) is 0.571. The topological polar surface area (TPSA) is 65.9 Å². The maximum Gasteiger partial charge on any atom is 0.339 e. The molecule has 1 aliphatic heterocycles. The lowest BCUT2D eigenvalue weighted by molar-refractivity contribution is -0.00421. The Morgan fingerprint density at radius 2 is 2.25 bits per heavy atom. The summed E-state index contributed by atoms with van der Waals surface area (Å²) in [5.74, 6) is 0.255. The molecular weight excluding hydrogens is 258 g/mol. The first-order chi connectivity index (χ1) is 9.47. The van der Waals surface area contributed by atoms with Crippen molar-refractivity contribution in [2.75, 3.05) is 38.2 Å². The molecule has 0 saturated carbocycles. The van der Waals surface area contributed by atoms with Gasteiger partial charge in [0.2, 0.25) is 0 Å². The lowest BCUT2D eigenvalue weighted by Gasteiger charge is -2.46. The quantitative estimate of drug-likeness (QED) is 0.822. The van der Waals surface area contributed by atoms with Crippen LogP contribution in [-0.4, -0.2) is 60.0 Å². The first-order valence-electron chi connectivity index (χ1n) is 6.74. The van der Waals surface area contributed by atoms with Crippen LogP contribution in [0.25, 0.3) is 0 Å². The third-order valence-corrected chi connectivity index (χ3v) is 3.64. The predicted octanol–water partition coefficient (Wildman–Crippen LogP) is 0.719. The summed E-state index contributed by atoms with van der Waals surface area (Å²) >= 11 is 0. The van der Waals surface area contributed by atoms with Gasteiger partial charge in [0.1, 0.15) is 11.5 Å². The van der Waals surface area contributed by atoms with Crippen LogP contribution in [0.1, 0.15) is 24.2 Å². The maximum absolute atomic E-state index is 11.4. The second-order valence-electron chi connectivity index (χ2n) is 5.13. The summed E-state index contributed by atoms with van der Waals surface area (Å²) in [7, 11) is 1.34. The van der Waals surface area contributed by atoms with E-state index in [2.05, 4.69) is 21.5 Å². The molecule has 1 aromatic rings. The van der Waals surface area contributed by atoms with Crippen LogP contribution in [0, 0.1) is 0 Å². The average Bonchev–Trinajstić information content (AvgIpc) is 2.45. The van der Waals surface area contributed by atoms with Gasteiger partial charge in [-0.2, -0.15) is 0 Å². The number of β-amino-alcohol motifs (C(OH)–C–C–N with tert-alkyl or cyclic N) is 1. The number of hydrogen-bond acceptors (Lipinski definition) is 6. The first-order valence-corrected chi connectivity index (χ1v) is 6.74. The van der Waals surface area contributed by atoms with Gasteiger partial charge in [-0.25, -0.2) is 9.78 Å². The van der Waals surface area contributed by atoms with E-state index in [1.807, 2.05) is 4.90 Å². The second kappa shape index (κ2) is 5.76. The van der Waals surface area contributed by atoms with Crippen LogP contribution >= 0.6 is 0 Å². The SMILES string of the molecule is CCN1CCN(c2ccc(C(=O)OC)cn2)C(C)(O)C1. The van der Waals surface area contributed by atoms with Gasteiger partial charge in [-0.1, -0.05) is 6.92 Å². The predicted molar refractivity (Wildman–Crippen MR) is 75.7 cm³/mol. The second-order valence-corrected chi connectivity index (χ2v) is 5.13. The number of likely N-dealkylation sites (N-methyl/N-ethyl adjacent to an activating group) is 1. The van der Waals surface area contributed by atoms with Crippen LogP contribution in [0.5, 0.6) is 0 Å². The molecule has 1 N–H and O–H groups in total. The molecule has 0 amide bonds. The highest BCUT2D eigenvalue weighted by atomic mass is 16.5. The average molecular weight is 279 g/mol. The van der Waals surface area contributed by atoms with Crippen LogP contribution in [-0.2, 0) is 4.74 Å². The minimum atomic E-state index is -0.964. The molecule has 0 bridgehead atoms. The van der Waals surface area contributed by atoms with Gasteiger partial charge in [-0.3, -0.25) is 4.90 Å². The molecule has 0 radical (unpaired) electrons. The van der Waals surface area contributed by atoms with Crippen molar-refractivity contribution >= 4 is 11.8 Å². The molecular formula is C14H21N3O3. The van der Waals surface area contributed by atoms with Crippen molar-refractivity contribution in [3.05, 3.63) is 23.9 Å². The number of carbonyl (C=O) groups is 1. The van der Waals surface area contributed by atoms with Crippen LogP contribution in [0.4, 0.5) is 5.82 Å². The van der Waals surface area contributed by atoms with Gasteiger partial charge < -0.3 is 14.7 Å². The largest absolute Gasteiger partial charge is 0.465 e. The summed E-state index contributed by atoms with van der Waals surface area (Å²) in [6.07, 6.45) is 1.48. The molecule has 0 aliphatic carbocycles. The third-order valence-electron chi connectivity index (χ3n) is 3.64. The number of rotatable bonds is 3. The Labute approximate surface area is 119 Å². The van der Waals surface area contributed by atoms with Gasteiger partial charge in [0, 0.05) is 25.8 Å². The zero-order valence-electron chi connectivity index (χ0n) is 12.2. The van der Waals surface area contributed by atoms with Gasteiger partial charge in [-0.05, 0) is 25.6 Å². The third kappa shape index (κ3) is 2.91. The monoisotopic (exact) mass is 279 g/mol. The van der Waals surface area contributed by atoms with Crippen LogP contribution in [0.3, 0.4) is 0 Å². The Bertz CT molecular complexity index is 473. The van der Waals surface area contributed by atoms with Gasteiger partial charge >= 0.3 is 5.97 Å². The fourth-order valence-corrected chi connectivity index (χ4v) is 2.49. The molecule has 20 heavy (non-hydrogen) atoms. The number of anilines is 1. The van der Waals surface area contributed by atoms with Gasteiger partial charge in [0.25, 0.3) is 0 Å². The van der Waals surface area contributed by atoms with Crippen molar-refractivity contribution in [2.24, 2.45) is 0 Å². The summed E-state index contributed by atoms with van der Waals surface area (Å²) in [6.45, 7) is 6.93. The molecule has 0 spiro atoms. The Balaban J connectivity index is 2.17. The van der Waals surface area contributed by atoms with Crippen molar-refractivity contribution in [3.63, 3.8) is 0 Å². The molecule has 1 atom stereocenters. The Hall–Kier alpha value is -1.66. The number of methoxy groups -OCH3 is 1. The minimum Gasteiger partial charge on any atom is -0.465 e. The van der Waals surface area contributed by atoms with Crippen LogP contribution < -0.4 is 4.90 Å². The van der Waals surface area contributed by atoms with E-state index in [0.29, 0.717) is 24.5 Å². The number of aromatic nitrogens is 1. The van der Waals surface area contributed by atoms with E-state index in [1.165, 1.54) is 13.3 Å². The van der Waals surface area contributed by atoms with E-state index in [-0.39, 0.29) is 0 Å². The summed E-state index contributed by atoms with van der Waals surface area (Å²) in [4.78, 5) is 19.7. The van der Waals surface area contributed by atoms with E-state index in [0.717, 1.165) is 13.1 Å². The highest BCUT2D eigenvalue weighted by Gasteiger charge is 2.36. The number of pyridine rings is 1. The zero-order chi connectivity index (χ0) is 14.8. The Kier molecular flexibility index (Phi) is 4.25. The van der Waals surface area contributed by atoms with Crippen molar-refractivity contribution < 1.29 is 14.6 Å². The molecule has 1 unspecified atom stereocenters. The number of piperazine rings is 1. The molecule has 1 fully saturated rings. The first kappa shape index (κ1) is 14.7. The van der Waals surface area contributed by atoms with Crippen molar-refractivity contribution in [3.8, 4) is 0 Å². The standard InChI is InChI=1S/C14H21N3O3/c1-4-16-7-8-17(14(2,19)10-16)12-6-5-11(9-15-12)13(18)20-3/h5-6,9,19H,4,7-8,10H2,1-3H3. The van der Waals surface area contributed by atoms with Crippen molar-refractivity contribution in [1.82, 2.24) is 9.88 Å². The molecule has 6 nitrogen and oxygen atoms in total. The lowest BCUT2D eigenvalue weighted by atomic mass is 10.1. The highest BCUT2D eigenvalue weighted by Crippen LogP contribution is 2.24. The lowest BCUT2D eigenvalue weighted by Crippen LogP contribution is -2.61. The fourth-order valence-electron chi connectivity index (χ4n) is 2.49. The van der Waals surface area contributed by atoms with Gasteiger partial charge in [0.15, 0.2) is 0 Å². The Morgan fingerprint density at radius 3 is 2.75 bits per heavy atom. The number of ether oxygens (including phenoxy) is 1. The molecule has 1 aromatic heterocycles. The normalized spacial score (nSPS) is 23.7. The summed E-state index contributed by atoms with van der Waals surface area (Å²) in [5, 5.41) is 10.6. The smallest absolute Gasteiger partial charge is 0.339 e. The molecule has 6 heteroatoms. The molecule has 2 heterocycles. The minimum absolute atomic E-state index is 0.406. The summed E-state index contributed by atoms with van der Waals surface area (Å²) < 4.78 is 4.64. The van der Waals surface area contributed by atoms with E-state index >= 15 is 0 Å². The molecule has 2 rings (SSSR count). The van der Waals surface area contributed by atoms with Crippen molar-refractivity contribution in [1.29, 1.82) is 0 Å². The number of hydrogen-bond donors (Lipinski definition) is 1. The molecule has 110 valence electrons. The van der Waals surface area contributed by atoms with Crippen LogP contribution in [0.15, 0.2) is 18.3 Å². The van der Waals surface area contributed by atoms with E-state index < -0.39 is 11.7 Å². The summed E-state index contributed by atoms with van der Waals surface area (Å²) in [6, 6.07) is 3.40. The number of aliphatic hydroxyl groups is 1. The van der Waals surface area contributed by atoms with Crippen molar-refractivity contribution in [2.45, 2.75) is 19.6 Å². The molecule has 1 saturated heterocycles. The molecule has 1 aliphatic rings.